The van der Waals surface area contributed by atoms with Gasteiger partial charge in [-0.2, -0.15) is 0 Å². The van der Waals surface area contributed by atoms with Crippen LogP contribution in [0.1, 0.15) is 25.3 Å². The van der Waals surface area contributed by atoms with Crippen LogP contribution in [0.5, 0.6) is 0 Å². The highest BCUT2D eigenvalue weighted by molar-refractivity contribution is 5.91. The first kappa shape index (κ1) is 19.5. The minimum atomic E-state index is -0.709. The molecule has 0 aliphatic heterocycles. The zero-order valence-electron chi connectivity index (χ0n) is 15.7. The van der Waals surface area contributed by atoms with Gasteiger partial charge in [-0.15, -0.1) is 0 Å². The largest absolute Gasteiger partial charge is 0.383 e. The lowest BCUT2D eigenvalue weighted by Crippen LogP contribution is -2.32. The van der Waals surface area contributed by atoms with E-state index >= 15 is 0 Å². The average molecular weight is 384 g/mol. The van der Waals surface area contributed by atoms with E-state index in [9.17, 15) is 13.6 Å². The van der Waals surface area contributed by atoms with E-state index < -0.39 is 11.6 Å². The van der Waals surface area contributed by atoms with Crippen molar-refractivity contribution in [2.24, 2.45) is 0 Å². The predicted octanol–water partition coefficient (Wildman–Crippen LogP) is 4.87. The van der Waals surface area contributed by atoms with Crippen LogP contribution in [0.4, 0.5) is 25.0 Å². The molecule has 0 saturated heterocycles. The number of hydrogen-bond acceptors (Lipinski definition) is 3. The molecule has 0 aliphatic rings. The summed E-state index contributed by atoms with van der Waals surface area (Å²) in [6.45, 7) is 4.93. The van der Waals surface area contributed by atoms with Gasteiger partial charge >= 0.3 is 6.03 Å². The lowest BCUT2D eigenvalue weighted by atomic mass is 10.0. The van der Waals surface area contributed by atoms with Crippen molar-refractivity contribution < 1.29 is 13.6 Å². The van der Waals surface area contributed by atoms with Gasteiger partial charge in [-0.05, 0) is 35.7 Å². The van der Waals surface area contributed by atoms with E-state index in [1.807, 2.05) is 24.3 Å². The fourth-order valence-electron chi connectivity index (χ4n) is 2.83. The number of pyridine rings is 1. The van der Waals surface area contributed by atoms with E-state index in [2.05, 4.69) is 34.8 Å². The molecule has 3 N–H and O–H groups in total. The molecule has 0 radical (unpaired) electrons. The maximum atomic E-state index is 13.8. The number of rotatable bonds is 6. The summed E-state index contributed by atoms with van der Waals surface area (Å²) in [5.74, 6) is -0.943. The van der Waals surface area contributed by atoms with Crippen LogP contribution in [0.25, 0.3) is 10.9 Å². The van der Waals surface area contributed by atoms with Gasteiger partial charge in [0, 0.05) is 42.1 Å². The van der Waals surface area contributed by atoms with Crippen LogP contribution in [-0.2, 0) is 0 Å². The molecule has 3 rings (SSSR count). The minimum absolute atomic E-state index is 0.0990. The summed E-state index contributed by atoms with van der Waals surface area (Å²) in [5, 5.41) is 8.92. The molecular weight excluding hydrogens is 362 g/mol. The van der Waals surface area contributed by atoms with Gasteiger partial charge in [-0.25, -0.2) is 13.6 Å². The molecule has 3 aromatic rings. The molecule has 2 aromatic carbocycles. The summed E-state index contributed by atoms with van der Waals surface area (Å²) in [5.41, 5.74) is 2.56. The molecule has 0 saturated carbocycles. The first-order valence-corrected chi connectivity index (χ1v) is 9.06. The number of nitrogens with one attached hydrogen (secondary N) is 3. The van der Waals surface area contributed by atoms with Crippen LogP contribution >= 0.6 is 0 Å². The molecular formula is C21H22F2N4O. The number of amides is 2. The molecule has 146 valence electrons. The van der Waals surface area contributed by atoms with Crippen LogP contribution in [0.3, 0.4) is 0 Å². The van der Waals surface area contributed by atoms with Gasteiger partial charge in [0.1, 0.15) is 11.3 Å². The second kappa shape index (κ2) is 8.65. The van der Waals surface area contributed by atoms with E-state index in [4.69, 9.17) is 0 Å². The quantitative estimate of drug-likeness (QED) is 0.531. The Bertz CT molecular complexity index is 974. The van der Waals surface area contributed by atoms with E-state index in [-0.39, 0.29) is 11.5 Å². The molecule has 1 heterocycles. The summed E-state index contributed by atoms with van der Waals surface area (Å²) in [7, 11) is 0. The third-order valence-corrected chi connectivity index (χ3v) is 4.32. The molecule has 0 fully saturated rings. The summed E-state index contributed by atoms with van der Waals surface area (Å²) < 4.78 is 27.3. The zero-order chi connectivity index (χ0) is 20.1. The van der Waals surface area contributed by atoms with Crippen molar-refractivity contribution in [3.05, 3.63) is 65.9 Å². The predicted molar refractivity (Wildman–Crippen MR) is 108 cm³/mol. The Morgan fingerprint density at radius 3 is 2.54 bits per heavy atom. The molecule has 1 aromatic heterocycles. The summed E-state index contributed by atoms with van der Waals surface area (Å²) in [6.07, 6.45) is 1.45. The number of benzene rings is 2. The zero-order valence-corrected chi connectivity index (χ0v) is 15.7. The van der Waals surface area contributed by atoms with E-state index in [1.165, 1.54) is 17.8 Å². The first-order valence-electron chi connectivity index (χ1n) is 9.06. The number of carbonyl (C=O) groups is 1. The summed E-state index contributed by atoms with van der Waals surface area (Å²) in [4.78, 5) is 15.9. The van der Waals surface area contributed by atoms with Crippen molar-refractivity contribution in [3.63, 3.8) is 0 Å². The monoisotopic (exact) mass is 384 g/mol. The maximum Gasteiger partial charge on any atom is 0.319 e. The maximum absolute atomic E-state index is 13.8. The number of aromatic nitrogens is 1. The number of nitrogens with zero attached hydrogens (tertiary/aromatic N) is 1. The third-order valence-electron chi connectivity index (χ3n) is 4.32. The van der Waals surface area contributed by atoms with Gasteiger partial charge in [-0.1, -0.05) is 26.0 Å². The number of hydrogen-bond donors (Lipinski definition) is 3. The van der Waals surface area contributed by atoms with Crippen molar-refractivity contribution >= 4 is 28.3 Å². The number of anilines is 2. The van der Waals surface area contributed by atoms with Crippen molar-refractivity contribution in [1.29, 1.82) is 0 Å². The average Bonchev–Trinajstić information content (AvgIpc) is 2.66. The standard InChI is InChI=1S/C21H22F2N4O/c1-13(2)14-3-5-16(6-4-14)27-21(28)26-10-9-24-19-7-8-25-20-17(19)11-15(22)12-18(20)23/h3-8,11-13H,9-10H2,1-2H3,(H,24,25)(H2,26,27,28). The highest BCUT2D eigenvalue weighted by atomic mass is 19.1. The van der Waals surface area contributed by atoms with E-state index in [1.54, 1.807) is 6.07 Å². The van der Waals surface area contributed by atoms with Crippen LogP contribution < -0.4 is 16.0 Å². The first-order chi connectivity index (χ1) is 13.4. The Hall–Kier alpha value is -3.22. The van der Waals surface area contributed by atoms with E-state index in [0.717, 1.165) is 6.07 Å². The molecule has 0 spiro atoms. The second-order valence-corrected chi connectivity index (χ2v) is 6.73. The SMILES string of the molecule is CC(C)c1ccc(NC(=O)NCCNc2ccnc3c(F)cc(F)cc23)cc1. The fraction of sp³-hybridized carbons (Fsp3) is 0.238. The van der Waals surface area contributed by atoms with Gasteiger partial charge in [0.05, 0.1) is 0 Å². The summed E-state index contributed by atoms with van der Waals surface area (Å²) >= 11 is 0. The molecule has 7 heteroatoms. The molecule has 28 heavy (non-hydrogen) atoms. The van der Waals surface area contributed by atoms with Crippen molar-refractivity contribution in [2.75, 3.05) is 23.7 Å². The van der Waals surface area contributed by atoms with Gasteiger partial charge < -0.3 is 16.0 Å². The van der Waals surface area contributed by atoms with Gasteiger partial charge in [0.2, 0.25) is 0 Å². The van der Waals surface area contributed by atoms with Crippen molar-refractivity contribution in [1.82, 2.24) is 10.3 Å². The molecule has 5 nitrogen and oxygen atoms in total. The lowest BCUT2D eigenvalue weighted by molar-refractivity contribution is 0.252. The molecule has 0 aliphatic carbocycles. The highest BCUT2D eigenvalue weighted by Gasteiger charge is 2.09. The Labute approximate surface area is 162 Å². The molecule has 0 unspecified atom stereocenters. The second-order valence-electron chi connectivity index (χ2n) is 6.73. The molecule has 0 bridgehead atoms. The van der Waals surface area contributed by atoms with Crippen LogP contribution in [-0.4, -0.2) is 24.1 Å². The molecule has 0 atom stereocenters. The Morgan fingerprint density at radius 2 is 1.82 bits per heavy atom. The van der Waals surface area contributed by atoms with Gasteiger partial charge in [-0.3, -0.25) is 4.98 Å². The van der Waals surface area contributed by atoms with Crippen molar-refractivity contribution in [3.8, 4) is 0 Å². The normalized spacial score (nSPS) is 10.9. The Kier molecular flexibility index (Phi) is 6.03. The van der Waals surface area contributed by atoms with Crippen molar-refractivity contribution in [2.45, 2.75) is 19.8 Å². The van der Waals surface area contributed by atoms with E-state index in [0.29, 0.717) is 35.8 Å². The Morgan fingerprint density at radius 1 is 1.07 bits per heavy atom. The number of halogens is 2. The van der Waals surface area contributed by atoms with Gasteiger partial charge in [0.25, 0.3) is 0 Å². The van der Waals surface area contributed by atoms with Crippen LogP contribution in [0.2, 0.25) is 0 Å². The minimum Gasteiger partial charge on any atom is -0.383 e. The highest BCUT2D eigenvalue weighted by Crippen LogP contribution is 2.24. The van der Waals surface area contributed by atoms with Crippen LogP contribution in [0, 0.1) is 11.6 Å². The van der Waals surface area contributed by atoms with Gasteiger partial charge in [0.15, 0.2) is 5.82 Å². The number of carbonyl (C=O) groups excluding carboxylic acids is 1. The topological polar surface area (TPSA) is 66.1 Å². The smallest absolute Gasteiger partial charge is 0.319 e. The fourth-order valence-corrected chi connectivity index (χ4v) is 2.83. The van der Waals surface area contributed by atoms with Crippen LogP contribution in [0.15, 0.2) is 48.7 Å². The lowest BCUT2D eigenvalue weighted by Gasteiger charge is -2.12. The third kappa shape index (κ3) is 4.73. The number of fused-ring (bicyclic) bond motifs is 1. The molecule has 2 amide bonds. The number of urea groups is 1. The Balaban J connectivity index is 1.52. The summed E-state index contributed by atoms with van der Waals surface area (Å²) in [6, 6.07) is 11.0.